The molecule has 102 valence electrons. The average molecular weight is 381 g/mol. The van der Waals surface area contributed by atoms with Crippen molar-refractivity contribution in [2.24, 2.45) is 0 Å². The molecule has 19 heavy (non-hydrogen) atoms. The van der Waals surface area contributed by atoms with Crippen LogP contribution in [-0.2, 0) is 4.79 Å². The Labute approximate surface area is 121 Å². The molecule has 0 aliphatic heterocycles. The maximum atomic E-state index is 13.5. The van der Waals surface area contributed by atoms with Gasteiger partial charge in [0.05, 0.1) is 17.7 Å². The van der Waals surface area contributed by atoms with Crippen LogP contribution in [0.3, 0.4) is 0 Å². The van der Waals surface area contributed by atoms with Gasteiger partial charge in [-0.3, -0.25) is 9.59 Å². The zero-order valence-corrected chi connectivity index (χ0v) is 11.8. The van der Waals surface area contributed by atoms with Crippen molar-refractivity contribution >= 4 is 34.7 Å². The van der Waals surface area contributed by atoms with E-state index in [0.717, 1.165) is 18.3 Å². The monoisotopic (exact) mass is 381 g/mol. The lowest BCUT2D eigenvalue weighted by Crippen LogP contribution is -2.16. The normalized spacial score (nSPS) is 11.3. The number of nitrogens with one attached hydrogen (secondary N) is 1. The molecule has 1 rings (SSSR count). The Balaban J connectivity index is 3.11. The highest BCUT2D eigenvalue weighted by Crippen LogP contribution is 2.19. The summed E-state index contributed by atoms with van der Waals surface area (Å²) in [5.41, 5.74) is -0.859. The van der Waals surface area contributed by atoms with Gasteiger partial charge in [-0.05, 0) is 34.7 Å². The smallest absolute Gasteiger partial charge is 0.200 e. The molecule has 0 heterocycles. The SMILES string of the molecule is O=CC(=CNCCO)C(=O)c1cc(I)cc(F)c1F. The summed E-state index contributed by atoms with van der Waals surface area (Å²) >= 11 is 1.74. The largest absolute Gasteiger partial charge is 0.395 e. The topological polar surface area (TPSA) is 66.4 Å². The van der Waals surface area contributed by atoms with Crippen LogP contribution < -0.4 is 5.32 Å². The van der Waals surface area contributed by atoms with Crippen LogP contribution in [0, 0.1) is 15.2 Å². The van der Waals surface area contributed by atoms with Gasteiger partial charge in [-0.25, -0.2) is 8.78 Å². The third-order valence-electron chi connectivity index (χ3n) is 2.14. The summed E-state index contributed by atoms with van der Waals surface area (Å²) in [4.78, 5) is 22.7. The predicted molar refractivity (Wildman–Crippen MR) is 72.6 cm³/mol. The Hall–Kier alpha value is -1.35. The summed E-state index contributed by atoms with van der Waals surface area (Å²) in [6, 6.07) is 2.10. The van der Waals surface area contributed by atoms with Crippen molar-refractivity contribution in [3.63, 3.8) is 0 Å². The molecule has 0 amide bonds. The standard InChI is InChI=1S/C12H10F2INO3/c13-10-4-8(15)3-9(11(10)14)12(19)7(6-18)5-16-1-2-17/h3-6,16-17H,1-2H2. The first-order chi connectivity index (χ1) is 9.01. The minimum atomic E-state index is -1.29. The quantitative estimate of drug-likeness (QED) is 0.114. The molecule has 0 unspecified atom stereocenters. The van der Waals surface area contributed by atoms with E-state index >= 15 is 0 Å². The van der Waals surface area contributed by atoms with Crippen molar-refractivity contribution in [3.05, 3.63) is 44.7 Å². The fourth-order valence-corrected chi connectivity index (χ4v) is 1.86. The van der Waals surface area contributed by atoms with Crippen LogP contribution in [0.25, 0.3) is 0 Å². The minimum absolute atomic E-state index is 0.133. The highest BCUT2D eigenvalue weighted by atomic mass is 127. The molecule has 0 fully saturated rings. The zero-order chi connectivity index (χ0) is 14.4. The highest BCUT2D eigenvalue weighted by molar-refractivity contribution is 14.1. The van der Waals surface area contributed by atoms with Crippen LogP contribution in [-0.4, -0.2) is 30.3 Å². The molecule has 0 spiro atoms. The number of hydrogen-bond donors (Lipinski definition) is 2. The van der Waals surface area contributed by atoms with Gasteiger partial charge in [0.25, 0.3) is 0 Å². The van der Waals surface area contributed by atoms with E-state index in [9.17, 15) is 18.4 Å². The van der Waals surface area contributed by atoms with Gasteiger partial charge in [-0.1, -0.05) is 0 Å². The third kappa shape index (κ3) is 4.06. The fraction of sp³-hybridized carbons (Fsp3) is 0.167. The molecule has 1 aromatic carbocycles. The van der Waals surface area contributed by atoms with Crippen LogP contribution in [0.1, 0.15) is 10.4 Å². The number of benzene rings is 1. The molecule has 4 nitrogen and oxygen atoms in total. The molecule has 7 heteroatoms. The van der Waals surface area contributed by atoms with E-state index in [2.05, 4.69) is 5.32 Å². The summed E-state index contributed by atoms with van der Waals surface area (Å²) in [5, 5.41) is 11.1. The molecule has 1 aromatic rings. The van der Waals surface area contributed by atoms with E-state index in [1.54, 1.807) is 22.6 Å². The molecule has 0 atom stereocenters. The Morgan fingerprint density at radius 2 is 2.11 bits per heavy atom. The van der Waals surface area contributed by atoms with Crippen molar-refractivity contribution in [2.75, 3.05) is 13.2 Å². The van der Waals surface area contributed by atoms with Crippen LogP contribution in [0.5, 0.6) is 0 Å². The Morgan fingerprint density at radius 3 is 2.68 bits per heavy atom. The van der Waals surface area contributed by atoms with Crippen molar-refractivity contribution in [2.45, 2.75) is 0 Å². The van der Waals surface area contributed by atoms with E-state index in [0.29, 0.717) is 3.57 Å². The molecule has 0 saturated heterocycles. The number of ketones is 1. The average Bonchev–Trinajstić information content (AvgIpc) is 2.38. The van der Waals surface area contributed by atoms with Gasteiger partial charge in [-0.15, -0.1) is 0 Å². The van der Waals surface area contributed by atoms with Crippen LogP contribution >= 0.6 is 22.6 Å². The molecule has 0 radical (unpaired) electrons. The summed E-state index contributed by atoms with van der Waals surface area (Å²) in [6.45, 7) is -0.0587. The van der Waals surface area contributed by atoms with Crippen LogP contribution in [0.2, 0.25) is 0 Å². The van der Waals surface area contributed by atoms with Gasteiger partial charge >= 0.3 is 0 Å². The van der Waals surface area contributed by atoms with Crippen molar-refractivity contribution in [3.8, 4) is 0 Å². The number of Topliss-reactive ketones (excluding diaryl/α,β-unsaturated/α-hetero) is 1. The number of aliphatic hydroxyl groups excluding tert-OH is 1. The van der Waals surface area contributed by atoms with Gasteiger partial charge in [-0.2, -0.15) is 0 Å². The van der Waals surface area contributed by atoms with Gasteiger partial charge in [0.2, 0.25) is 5.78 Å². The number of aldehydes is 1. The van der Waals surface area contributed by atoms with E-state index in [1.807, 2.05) is 0 Å². The summed E-state index contributed by atoms with van der Waals surface area (Å²) in [7, 11) is 0. The molecule has 2 N–H and O–H groups in total. The van der Waals surface area contributed by atoms with Gasteiger partial charge < -0.3 is 10.4 Å². The number of hydrogen-bond acceptors (Lipinski definition) is 4. The number of rotatable bonds is 6. The number of aliphatic hydroxyl groups is 1. The first-order valence-corrected chi connectivity index (χ1v) is 6.28. The number of carbonyl (C=O) groups excluding carboxylic acids is 2. The second-order valence-electron chi connectivity index (χ2n) is 3.47. The van der Waals surface area contributed by atoms with E-state index < -0.39 is 23.0 Å². The second kappa shape index (κ2) is 7.29. The van der Waals surface area contributed by atoms with Crippen molar-refractivity contribution in [1.82, 2.24) is 5.32 Å². The van der Waals surface area contributed by atoms with E-state index in [4.69, 9.17) is 5.11 Å². The van der Waals surface area contributed by atoms with Gasteiger partial charge in [0.15, 0.2) is 17.9 Å². The molecule has 0 aliphatic carbocycles. The molecule has 0 saturated carbocycles. The fourth-order valence-electron chi connectivity index (χ4n) is 1.28. The number of carbonyl (C=O) groups is 2. The number of halogens is 3. The lowest BCUT2D eigenvalue weighted by Gasteiger charge is -2.05. The zero-order valence-electron chi connectivity index (χ0n) is 9.62. The summed E-state index contributed by atoms with van der Waals surface area (Å²) in [6.07, 6.45) is 1.30. The maximum Gasteiger partial charge on any atom is 0.200 e. The Bertz CT molecular complexity index is 532. The molecule has 0 aromatic heterocycles. The first-order valence-electron chi connectivity index (χ1n) is 5.20. The van der Waals surface area contributed by atoms with Crippen LogP contribution in [0.4, 0.5) is 8.78 Å². The van der Waals surface area contributed by atoms with Crippen molar-refractivity contribution in [1.29, 1.82) is 0 Å². The van der Waals surface area contributed by atoms with E-state index in [-0.39, 0.29) is 25.0 Å². The Kier molecular flexibility index (Phi) is 6.03. The lowest BCUT2D eigenvalue weighted by molar-refractivity contribution is -0.104. The van der Waals surface area contributed by atoms with E-state index in [1.165, 1.54) is 0 Å². The summed E-state index contributed by atoms with van der Waals surface area (Å²) < 4.78 is 27.0. The minimum Gasteiger partial charge on any atom is -0.395 e. The Morgan fingerprint density at radius 1 is 1.42 bits per heavy atom. The molecule has 0 aliphatic rings. The van der Waals surface area contributed by atoms with Crippen LogP contribution in [0.15, 0.2) is 23.9 Å². The second-order valence-corrected chi connectivity index (χ2v) is 4.72. The van der Waals surface area contributed by atoms with Gasteiger partial charge in [0.1, 0.15) is 0 Å². The molecular formula is C12H10F2INO3. The molecular weight excluding hydrogens is 371 g/mol. The third-order valence-corrected chi connectivity index (χ3v) is 2.76. The highest BCUT2D eigenvalue weighted by Gasteiger charge is 2.19. The lowest BCUT2D eigenvalue weighted by atomic mass is 10.0. The van der Waals surface area contributed by atoms with Crippen molar-refractivity contribution < 1.29 is 23.5 Å². The first kappa shape index (κ1) is 15.7. The predicted octanol–water partition coefficient (Wildman–Crippen LogP) is 1.42. The number of allylic oxidation sites excluding steroid dienone is 1. The van der Waals surface area contributed by atoms with Gasteiger partial charge in [0, 0.05) is 16.3 Å². The summed E-state index contributed by atoms with van der Waals surface area (Å²) in [5.74, 6) is -3.36. The molecule has 0 bridgehead atoms. The maximum absolute atomic E-state index is 13.5.